The van der Waals surface area contributed by atoms with Crippen molar-refractivity contribution >= 4 is 29.2 Å². The van der Waals surface area contributed by atoms with Gasteiger partial charge in [0.2, 0.25) is 0 Å². The Bertz CT molecular complexity index is 1250. The van der Waals surface area contributed by atoms with E-state index < -0.39 is 5.97 Å². The van der Waals surface area contributed by atoms with E-state index in [0.717, 1.165) is 60.9 Å². The third-order valence-electron chi connectivity index (χ3n) is 7.32. The van der Waals surface area contributed by atoms with Gasteiger partial charge in [0.25, 0.3) is 6.47 Å². The van der Waals surface area contributed by atoms with Crippen LogP contribution in [-0.2, 0) is 22.4 Å². The average molecular weight is 542 g/mol. The second kappa shape index (κ2) is 14.0. The number of carboxylic acid groups (broad SMARTS) is 2. The largest absolute Gasteiger partial charge is 0.488 e. The number of fused-ring (bicyclic) bond motifs is 3. The zero-order valence-electron chi connectivity index (χ0n) is 23.2. The van der Waals surface area contributed by atoms with Crippen LogP contribution in [0.5, 0.6) is 5.75 Å². The van der Waals surface area contributed by atoms with E-state index >= 15 is 0 Å². The van der Waals surface area contributed by atoms with Gasteiger partial charge in [-0.25, -0.2) is 9.37 Å². The van der Waals surface area contributed by atoms with Gasteiger partial charge in [0.05, 0.1) is 23.1 Å². The van der Waals surface area contributed by atoms with Crippen LogP contribution in [0.25, 0.3) is 11.0 Å². The third kappa shape index (κ3) is 7.94. The number of aryl methyl sites for hydroxylation is 1. The van der Waals surface area contributed by atoms with Crippen LogP contribution >= 0.6 is 0 Å². The highest BCUT2D eigenvalue weighted by atomic mass is 19.1. The average Bonchev–Trinajstić information content (AvgIpc) is 3.32. The number of halogens is 1. The standard InChI is InChI=1S/C22H26FN3O.C7H12O2.CH2O2/c1-13(2)27-20-10-6-15(11-17(20)23)12-21-24-18-8-9-19-16(22(18)25-21)7-5-14(3)26(19)4;8-7(9)6-4-2-1-3-5-6;2-1-3/h6,8-11,13-14H,5,7,12H2,1-4H3,(H,24,25);6H,1-5H2,(H,8,9);1H,(H,2,3). The molecule has 39 heavy (non-hydrogen) atoms. The van der Waals surface area contributed by atoms with Crippen LogP contribution in [0.2, 0.25) is 0 Å². The van der Waals surface area contributed by atoms with Crippen molar-refractivity contribution in [1.82, 2.24) is 9.97 Å². The number of imidazole rings is 1. The molecule has 5 rings (SSSR count). The molecule has 1 aliphatic heterocycles. The Labute approximate surface area is 229 Å². The molecular weight excluding hydrogens is 501 g/mol. The lowest BCUT2D eigenvalue weighted by atomic mass is 9.90. The lowest BCUT2D eigenvalue weighted by molar-refractivity contribution is -0.142. The molecule has 1 aromatic heterocycles. The maximum Gasteiger partial charge on any atom is 0.306 e. The van der Waals surface area contributed by atoms with Crippen molar-refractivity contribution in [2.45, 2.75) is 84.3 Å². The SMILES string of the molecule is CC(C)Oc1ccc(Cc2nc3c4c(ccc3[nH]2)N(C)C(C)CC4)cc1F.O=C(O)C1CCCCC1.O=CO. The Kier molecular flexibility index (Phi) is 10.7. The number of ether oxygens (including phenoxy) is 1. The number of benzene rings is 2. The number of nitrogens with zero attached hydrogens (tertiary/aromatic N) is 2. The van der Waals surface area contributed by atoms with Crippen LogP contribution in [0.1, 0.15) is 76.2 Å². The first-order valence-electron chi connectivity index (χ1n) is 13.6. The third-order valence-corrected chi connectivity index (χ3v) is 7.32. The van der Waals surface area contributed by atoms with E-state index in [4.69, 9.17) is 24.7 Å². The molecule has 0 saturated heterocycles. The number of H-pyrrole nitrogens is 1. The van der Waals surface area contributed by atoms with Crippen molar-refractivity contribution in [2.24, 2.45) is 5.92 Å². The molecule has 1 atom stereocenters. The normalized spacial score (nSPS) is 17.0. The van der Waals surface area contributed by atoms with E-state index in [0.29, 0.717) is 18.2 Å². The molecule has 3 N–H and O–H groups in total. The van der Waals surface area contributed by atoms with Crippen LogP contribution in [0.15, 0.2) is 30.3 Å². The van der Waals surface area contributed by atoms with Crippen LogP contribution in [0.4, 0.5) is 10.1 Å². The smallest absolute Gasteiger partial charge is 0.306 e. The van der Waals surface area contributed by atoms with Crippen molar-refractivity contribution in [3.05, 3.63) is 53.1 Å². The lowest BCUT2D eigenvalue weighted by Gasteiger charge is -2.33. The molecule has 0 amide bonds. The van der Waals surface area contributed by atoms with Gasteiger partial charge in [-0.05, 0) is 76.3 Å². The van der Waals surface area contributed by atoms with Gasteiger partial charge >= 0.3 is 5.97 Å². The molecular formula is C30H40FN3O5. The zero-order chi connectivity index (χ0) is 28.5. The van der Waals surface area contributed by atoms with Gasteiger partial charge in [0, 0.05) is 30.8 Å². The molecule has 1 fully saturated rings. The first-order valence-corrected chi connectivity index (χ1v) is 13.6. The predicted molar refractivity (Wildman–Crippen MR) is 150 cm³/mol. The van der Waals surface area contributed by atoms with E-state index in [1.165, 1.54) is 23.7 Å². The number of aromatic amines is 1. The number of anilines is 1. The van der Waals surface area contributed by atoms with Crippen LogP contribution < -0.4 is 9.64 Å². The molecule has 2 heterocycles. The van der Waals surface area contributed by atoms with Gasteiger partial charge in [-0.15, -0.1) is 0 Å². The van der Waals surface area contributed by atoms with Crippen molar-refractivity contribution in [2.75, 3.05) is 11.9 Å². The van der Waals surface area contributed by atoms with Crippen molar-refractivity contribution in [3.63, 3.8) is 0 Å². The van der Waals surface area contributed by atoms with E-state index in [9.17, 15) is 9.18 Å². The molecule has 1 unspecified atom stereocenters. The monoisotopic (exact) mass is 541 g/mol. The number of hydrogen-bond acceptors (Lipinski definition) is 5. The minimum Gasteiger partial charge on any atom is -0.488 e. The Balaban J connectivity index is 0.000000293. The molecule has 2 aliphatic rings. The second-order valence-corrected chi connectivity index (χ2v) is 10.5. The summed E-state index contributed by atoms with van der Waals surface area (Å²) in [6, 6.07) is 9.95. The van der Waals surface area contributed by atoms with E-state index in [2.05, 4.69) is 36.0 Å². The Morgan fingerprint density at radius 2 is 1.90 bits per heavy atom. The summed E-state index contributed by atoms with van der Waals surface area (Å²) < 4.78 is 19.7. The molecule has 0 spiro atoms. The highest BCUT2D eigenvalue weighted by Gasteiger charge is 2.23. The summed E-state index contributed by atoms with van der Waals surface area (Å²) in [5, 5.41) is 15.4. The van der Waals surface area contributed by atoms with Gasteiger partial charge < -0.3 is 24.8 Å². The summed E-state index contributed by atoms with van der Waals surface area (Å²) in [4.78, 5) is 29.3. The lowest BCUT2D eigenvalue weighted by Crippen LogP contribution is -2.33. The van der Waals surface area contributed by atoms with Crippen molar-refractivity contribution in [1.29, 1.82) is 0 Å². The summed E-state index contributed by atoms with van der Waals surface area (Å²) in [5.74, 6) is 0.194. The van der Waals surface area contributed by atoms with Crippen molar-refractivity contribution < 1.29 is 28.9 Å². The van der Waals surface area contributed by atoms with E-state index in [1.54, 1.807) is 6.07 Å². The predicted octanol–water partition coefficient (Wildman–Crippen LogP) is 6.20. The fourth-order valence-corrected chi connectivity index (χ4v) is 5.16. The summed E-state index contributed by atoms with van der Waals surface area (Å²) in [5.41, 5.74) is 5.54. The van der Waals surface area contributed by atoms with Crippen LogP contribution in [-0.4, -0.2) is 51.8 Å². The van der Waals surface area contributed by atoms with Crippen LogP contribution in [0, 0.1) is 11.7 Å². The number of carboxylic acids is 1. The summed E-state index contributed by atoms with van der Waals surface area (Å²) in [6.45, 7) is 5.78. The van der Waals surface area contributed by atoms with Gasteiger partial charge in [-0.3, -0.25) is 9.59 Å². The Morgan fingerprint density at radius 3 is 2.49 bits per heavy atom. The number of rotatable bonds is 5. The highest BCUT2D eigenvalue weighted by Crippen LogP contribution is 2.34. The van der Waals surface area contributed by atoms with Gasteiger partial charge in [-0.1, -0.05) is 25.3 Å². The Morgan fingerprint density at radius 1 is 1.21 bits per heavy atom. The molecule has 3 aromatic rings. The highest BCUT2D eigenvalue weighted by molar-refractivity contribution is 5.85. The summed E-state index contributed by atoms with van der Waals surface area (Å²) in [6.07, 6.45) is 7.93. The number of nitrogens with one attached hydrogen (secondary N) is 1. The molecule has 1 saturated carbocycles. The molecule has 0 radical (unpaired) electrons. The maximum absolute atomic E-state index is 14.3. The van der Waals surface area contributed by atoms with Crippen molar-refractivity contribution in [3.8, 4) is 5.75 Å². The summed E-state index contributed by atoms with van der Waals surface area (Å²) in [7, 11) is 2.14. The quantitative estimate of drug-likeness (QED) is 0.329. The van der Waals surface area contributed by atoms with Gasteiger partial charge in [-0.2, -0.15) is 0 Å². The summed E-state index contributed by atoms with van der Waals surface area (Å²) >= 11 is 0. The number of hydrogen-bond donors (Lipinski definition) is 3. The van der Waals surface area contributed by atoms with Gasteiger partial charge in [0.1, 0.15) is 5.82 Å². The fourth-order valence-electron chi connectivity index (χ4n) is 5.16. The van der Waals surface area contributed by atoms with Gasteiger partial charge in [0.15, 0.2) is 11.6 Å². The fraction of sp³-hybridized carbons (Fsp3) is 0.500. The minimum absolute atomic E-state index is 0.0289. The van der Waals surface area contributed by atoms with E-state index in [1.807, 2.05) is 19.9 Å². The molecule has 9 heteroatoms. The molecule has 0 bridgehead atoms. The molecule has 2 aromatic carbocycles. The maximum atomic E-state index is 14.3. The minimum atomic E-state index is -0.602. The molecule has 1 aliphatic carbocycles. The van der Waals surface area contributed by atoms with Crippen LogP contribution in [0.3, 0.4) is 0 Å². The molecule has 8 nitrogen and oxygen atoms in total. The zero-order valence-corrected chi connectivity index (χ0v) is 23.2. The first kappa shape index (κ1) is 29.9. The number of aliphatic carboxylic acids is 1. The first-order chi connectivity index (χ1) is 18.6. The van der Waals surface area contributed by atoms with E-state index in [-0.39, 0.29) is 24.3 Å². The molecule has 212 valence electrons. The topological polar surface area (TPSA) is 116 Å². The number of aromatic nitrogens is 2. The number of carbonyl (C=O) groups is 2. The second-order valence-electron chi connectivity index (χ2n) is 10.5. The Hall–Kier alpha value is -3.62.